The molecule has 1 aromatic carbocycles. The Kier molecular flexibility index (Phi) is 5.53. The van der Waals surface area contributed by atoms with Crippen LogP contribution < -0.4 is 5.69 Å². The van der Waals surface area contributed by atoms with Crippen LogP contribution >= 0.6 is 11.6 Å². The van der Waals surface area contributed by atoms with Crippen LogP contribution in [-0.4, -0.2) is 43.3 Å². The average molecular weight is 364 g/mol. The summed E-state index contributed by atoms with van der Waals surface area (Å²) in [5.74, 6) is 0. The van der Waals surface area contributed by atoms with E-state index in [0.29, 0.717) is 17.3 Å². The summed E-state index contributed by atoms with van der Waals surface area (Å²) in [4.78, 5) is 27.2. The van der Waals surface area contributed by atoms with Gasteiger partial charge in [0.15, 0.2) is 0 Å². The second-order valence-corrected chi connectivity index (χ2v) is 6.66. The largest absolute Gasteiger partial charge is 0.377 e. The van der Waals surface area contributed by atoms with Crippen LogP contribution in [0.25, 0.3) is 5.69 Å². The van der Waals surface area contributed by atoms with Gasteiger partial charge in [0, 0.05) is 12.6 Å². The van der Waals surface area contributed by atoms with Crippen molar-refractivity contribution in [2.75, 3.05) is 6.54 Å². The van der Waals surface area contributed by atoms with E-state index in [-0.39, 0.29) is 6.04 Å². The van der Waals surface area contributed by atoms with Gasteiger partial charge < -0.3 is 4.90 Å². The van der Waals surface area contributed by atoms with Crippen molar-refractivity contribution in [3.05, 3.63) is 39.8 Å². The quantitative estimate of drug-likeness (QED) is 0.620. The van der Waals surface area contributed by atoms with E-state index in [1.54, 1.807) is 29.2 Å². The van der Waals surface area contributed by atoms with Crippen molar-refractivity contribution in [1.82, 2.24) is 24.7 Å². The average Bonchev–Trinajstić information content (AvgIpc) is 2.82. The van der Waals surface area contributed by atoms with Gasteiger partial charge in [0.1, 0.15) is 0 Å². The molecule has 134 valence electrons. The number of carbonyl (C=O) groups excluding carboxylic acids is 1. The highest BCUT2D eigenvalue weighted by Crippen LogP contribution is 2.22. The highest BCUT2D eigenvalue weighted by Gasteiger charge is 2.27. The maximum absolute atomic E-state index is 12.9. The normalized spacial score (nSPS) is 15.8. The first kappa shape index (κ1) is 17.7. The Morgan fingerprint density at radius 1 is 1.20 bits per heavy atom. The summed E-state index contributed by atoms with van der Waals surface area (Å²) in [6.45, 7) is 2.46. The number of halogens is 1. The van der Waals surface area contributed by atoms with Crippen molar-refractivity contribution in [3.63, 3.8) is 0 Å². The summed E-state index contributed by atoms with van der Waals surface area (Å²) in [5.41, 5.74) is -0.198. The van der Waals surface area contributed by atoms with Crippen LogP contribution in [0, 0.1) is 0 Å². The van der Waals surface area contributed by atoms with Crippen LogP contribution in [0.2, 0.25) is 5.02 Å². The summed E-state index contributed by atoms with van der Waals surface area (Å²) in [7, 11) is 0. The Labute approximate surface area is 151 Å². The van der Waals surface area contributed by atoms with E-state index in [1.165, 1.54) is 12.8 Å². The summed E-state index contributed by atoms with van der Waals surface area (Å²) in [5, 5.41) is 8.00. The number of tetrazole rings is 1. The third-order valence-corrected chi connectivity index (χ3v) is 5.01. The summed E-state index contributed by atoms with van der Waals surface area (Å²) >= 11 is 6.12. The molecule has 7 nitrogen and oxygen atoms in total. The molecule has 0 unspecified atom stereocenters. The minimum Gasteiger partial charge on any atom is -0.320 e. The molecule has 1 amide bonds. The monoisotopic (exact) mass is 363 g/mol. The van der Waals surface area contributed by atoms with Gasteiger partial charge in [-0.2, -0.15) is 4.68 Å². The number of rotatable bonds is 3. The van der Waals surface area contributed by atoms with Crippen molar-refractivity contribution in [1.29, 1.82) is 0 Å². The fourth-order valence-electron chi connectivity index (χ4n) is 3.38. The molecule has 1 saturated carbocycles. The summed E-state index contributed by atoms with van der Waals surface area (Å²) in [6.07, 6.45) is 6.54. The molecular weight excluding hydrogens is 342 g/mol. The molecule has 2 aromatic rings. The van der Waals surface area contributed by atoms with E-state index in [2.05, 4.69) is 10.4 Å². The van der Waals surface area contributed by atoms with E-state index >= 15 is 0 Å². The first-order valence-corrected chi connectivity index (χ1v) is 9.12. The number of hydrogen-bond donors (Lipinski definition) is 0. The molecule has 0 N–H and O–H groups in total. The zero-order valence-electron chi connectivity index (χ0n) is 14.3. The van der Waals surface area contributed by atoms with Gasteiger partial charge >= 0.3 is 11.7 Å². The Bertz CT molecular complexity index is 792. The number of para-hydroxylation sites is 1. The molecule has 0 aliphatic heterocycles. The molecule has 0 spiro atoms. The second kappa shape index (κ2) is 7.82. The maximum Gasteiger partial charge on any atom is 0.377 e. The third kappa shape index (κ3) is 3.61. The highest BCUT2D eigenvalue weighted by atomic mass is 35.5. The van der Waals surface area contributed by atoms with Crippen LogP contribution in [0.3, 0.4) is 0 Å². The van der Waals surface area contributed by atoms with Crippen molar-refractivity contribution >= 4 is 17.6 Å². The van der Waals surface area contributed by atoms with Gasteiger partial charge in [-0.05, 0) is 42.3 Å². The van der Waals surface area contributed by atoms with Crippen LogP contribution in [-0.2, 0) is 0 Å². The fraction of sp³-hybridized carbons (Fsp3) is 0.529. The lowest BCUT2D eigenvalue weighted by Crippen LogP contribution is -2.46. The number of benzene rings is 1. The molecule has 0 atom stereocenters. The lowest BCUT2D eigenvalue weighted by Gasteiger charge is -2.29. The predicted octanol–water partition coefficient (Wildman–Crippen LogP) is 3.10. The Hall–Kier alpha value is -2.15. The van der Waals surface area contributed by atoms with Crippen molar-refractivity contribution in [3.8, 4) is 5.69 Å². The summed E-state index contributed by atoms with van der Waals surface area (Å²) < 4.78 is 1.89. The minimum absolute atomic E-state index is 0.150. The van der Waals surface area contributed by atoms with Crippen LogP contribution in [0.1, 0.15) is 45.4 Å². The zero-order valence-corrected chi connectivity index (χ0v) is 15.0. The van der Waals surface area contributed by atoms with Gasteiger partial charge in [-0.1, -0.05) is 49.4 Å². The standard InChI is InChI=1S/C17H22ClN5O2/c1-2-21(13-9-5-3-4-6-10-13)16(24)23-17(25)22(19-20-23)15-12-8-7-11-14(15)18/h7-8,11-13H,2-6,9-10H2,1H3. The van der Waals surface area contributed by atoms with Crippen molar-refractivity contribution < 1.29 is 4.79 Å². The highest BCUT2D eigenvalue weighted by molar-refractivity contribution is 6.32. The second-order valence-electron chi connectivity index (χ2n) is 6.25. The van der Waals surface area contributed by atoms with E-state index in [9.17, 15) is 9.59 Å². The van der Waals surface area contributed by atoms with Gasteiger partial charge in [0.2, 0.25) is 0 Å². The number of hydrogen-bond acceptors (Lipinski definition) is 4. The molecule has 1 aromatic heterocycles. The van der Waals surface area contributed by atoms with Gasteiger partial charge in [-0.15, -0.1) is 4.68 Å². The van der Waals surface area contributed by atoms with Gasteiger partial charge in [-0.3, -0.25) is 0 Å². The molecule has 3 rings (SSSR count). The predicted molar refractivity (Wildman–Crippen MR) is 95.3 cm³/mol. The molecule has 0 bridgehead atoms. The molecule has 1 heterocycles. The fourth-order valence-corrected chi connectivity index (χ4v) is 3.60. The van der Waals surface area contributed by atoms with E-state index in [1.807, 2.05) is 6.92 Å². The Morgan fingerprint density at radius 2 is 1.88 bits per heavy atom. The number of carbonyl (C=O) groups is 1. The lowest BCUT2D eigenvalue weighted by atomic mass is 10.1. The maximum atomic E-state index is 12.9. The topological polar surface area (TPSA) is 73.0 Å². The molecule has 0 radical (unpaired) electrons. The number of amides is 1. The van der Waals surface area contributed by atoms with E-state index < -0.39 is 11.7 Å². The first-order chi connectivity index (χ1) is 12.1. The van der Waals surface area contributed by atoms with Crippen molar-refractivity contribution in [2.24, 2.45) is 0 Å². The molecule has 1 aliphatic rings. The first-order valence-electron chi connectivity index (χ1n) is 8.74. The molecular formula is C17H22ClN5O2. The van der Waals surface area contributed by atoms with Crippen LogP contribution in [0.4, 0.5) is 4.79 Å². The number of nitrogens with zero attached hydrogens (tertiary/aromatic N) is 5. The smallest absolute Gasteiger partial charge is 0.320 e. The van der Waals surface area contributed by atoms with Crippen molar-refractivity contribution in [2.45, 2.75) is 51.5 Å². The lowest BCUT2D eigenvalue weighted by molar-refractivity contribution is 0.168. The molecule has 25 heavy (non-hydrogen) atoms. The molecule has 8 heteroatoms. The Morgan fingerprint density at radius 3 is 2.52 bits per heavy atom. The van der Waals surface area contributed by atoms with Crippen LogP contribution in [0.15, 0.2) is 29.1 Å². The van der Waals surface area contributed by atoms with E-state index in [4.69, 9.17) is 11.6 Å². The zero-order chi connectivity index (χ0) is 17.8. The Balaban J connectivity index is 1.89. The SMILES string of the molecule is CCN(C(=O)n1nnn(-c2ccccc2Cl)c1=O)C1CCCCCC1. The van der Waals surface area contributed by atoms with E-state index in [0.717, 1.165) is 35.0 Å². The molecule has 1 aliphatic carbocycles. The minimum atomic E-state index is -0.606. The third-order valence-electron chi connectivity index (χ3n) is 4.69. The van der Waals surface area contributed by atoms with Crippen LogP contribution in [0.5, 0.6) is 0 Å². The van der Waals surface area contributed by atoms with Gasteiger partial charge in [0.25, 0.3) is 0 Å². The molecule has 1 fully saturated rings. The molecule has 0 saturated heterocycles. The summed E-state index contributed by atoms with van der Waals surface area (Å²) in [6, 6.07) is 6.56. The van der Waals surface area contributed by atoms with Gasteiger partial charge in [0.05, 0.1) is 10.7 Å². The number of aromatic nitrogens is 4. The van der Waals surface area contributed by atoms with Gasteiger partial charge in [-0.25, -0.2) is 9.59 Å².